The minimum Gasteiger partial charge on any atom is -0.207 e. The van der Waals surface area contributed by atoms with Crippen molar-refractivity contribution in [1.29, 1.82) is 0 Å². The maximum atomic E-state index is 12.5. The van der Waals surface area contributed by atoms with E-state index >= 15 is 0 Å². The molecule has 0 amide bonds. The van der Waals surface area contributed by atoms with Gasteiger partial charge < -0.3 is 0 Å². The van der Waals surface area contributed by atoms with Crippen LogP contribution in [0.1, 0.15) is 5.56 Å². The van der Waals surface area contributed by atoms with E-state index in [1.807, 2.05) is 30.3 Å². The van der Waals surface area contributed by atoms with Gasteiger partial charge in [0, 0.05) is 18.1 Å². The van der Waals surface area contributed by atoms with E-state index in [1.54, 1.807) is 13.1 Å². The normalized spacial score (nSPS) is 11.8. The summed E-state index contributed by atoms with van der Waals surface area (Å²) in [4.78, 5) is 0.231. The first kappa shape index (κ1) is 16.5. The van der Waals surface area contributed by atoms with Crippen LogP contribution >= 0.6 is 27.5 Å². The molecule has 0 heterocycles. The van der Waals surface area contributed by atoms with Gasteiger partial charge in [-0.2, -0.15) is 0 Å². The molecule has 0 bridgehead atoms. The molecule has 2 aromatic carbocycles. The molecule has 2 aromatic rings. The van der Waals surface area contributed by atoms with E-state index in [-0.39, 0.29) is 4.90 Å². The maximum Gasteiger partial charge on any atom is 0.242 e. The van der Waals surface area contributed by atoms with Crippen molar-refractivity contribution in [1.82, 2.24) is 4.31 Å². The van der Waals surface area contributed by atoms with Crippen molar-refractivity contribution < 1.29 is 8.42 Å². The van der Waals surface area contributed by atoms with Crippen molar-refractivity contribution in [3.63, 3.8) is 0 Å². The van der Waals surface area contributed by atoms with E-state index in [0.717, 1.165) is 5.56 Å². The van der Waals surface area contributed by atoms with Crippen LogP contribution in [0.2, 0.25) is 5.02 Å². The highest BCUT2D eigenvalue weighted by molar-refractivity contribution is 9.10. The van der Waals surface area contributed by atoms with Crippen LogP contribution in [0.3, 0.4) is 0 Å². The molecule has 0 fully saturated rings. The monoisotopic (exact) mass is 387 g/mol. The summed E-state index contributed by atoms with van der Waals surface area (Å²) in [5.74, 6) is 0. The Morgan fingerprint density at radius 1 is 1.14 bits per heavy atom. The van der Waals surface area contributed by atoms with Gasteiger partial charge in [0.15, 0.2) is 0 Å². The van der Waals surface area contributed by atoms with E-state index in [9.17, 15) is 8.42 Å². The van der Waals surface area contributed by atoms with E-state index in [0.29, 0.717) is 22.5 Å². The number of hydrogen-bond acceptors (Lipinski definition) is 2. The molecule has 21 heavy (non-hydrogen) atoms. The Balaban J connectivity index is 2.13. The van der Waals surface area contributed by atoms with Crippen LogP contribution in [-0.2, 0) is 16.4 Å². The first-order valence-electron chi connectivity index (χ1n) is 6.36. The number of likely N-dealkylation sites (N-methyl/N-ethyl adjacent to an activating group) is 1. The third-order valence-corrected chi connectivity index (χ3v) is 6.22. The fourth-order valence-electron chi connectivity index (χ4n) is 1.87. The number of sulfonamides is 1. The van der Waals surface area contributed by atoms with Crippen LogP contribution < -0.4 is 0 Å². The SMILES string of the molecule is CN(CCc1ccccc1)S(=O)(=O)c1ccc(Cl)c(Br)c1. The lowest BCUT2D eigenvalue weighted by Crippen LogP contribution is -2.29. The first-order chi connectivity index (χ1) is 9.91. The summed E-state index contributed by atoms with van der Waals surface area (Å²) >= 11 is 9.14. The van der Waals surface area contributed by atoms with Gasteiger partial charge in [0.05, 0.1) is 9.92 Å². The van der Waals surface area contributed by atoms with Crippen LogP contribution in [0.25, 0.3) is 0 Å². The average Bonchev–Trinajstić information content (AvgIpc) is 2.48. The zero-order chi connectivity index (χ0) is 15.5. The molecule has 0 aromatic heterocycles. The zero-order valence-corrected chi connectivity index (χ0v) is 14.6. The molecule has 0 radical (unpaired) electrons. The zero-order valence-electron chi connectivity index (χ0n) is 11.5. The van der Waals surface area contributed by atoms with Crippen molar-refractivity contribution >= 4 is 37.6 Å². The predicted octanol–water partition coefficient (Wildman–Crippen LogP) is 3.97. The minimum atomic E-state index is -3.50. The first-order valence-corrected chi connectivity index (χ1v) is 8.97. The van der Waals surface area contributed by atoms with Crippen LogP contribution in [0.5, 0.6) is 0 Å². The smallest absolute Gasteiger partial charge is 0.207 e. The van der Waals surface area contributed by atoms with Gasteiger partial charge in [-0.25, -0.2) is 12.7 Å². The molecule has 0 spiro atoms. The Hall–Kier alpha value is -0.880. The highest BCUT2D eigenvalue weighted by Crippen LogP contribution is 2.26. The highest BCUT2D eigenvalue weighted by Gasteiger charge is 2.21. The summed E-state index contributed by atoms with van der Waals surface area (Å²) in [5, 5.41) is 0.487. The van der Waals surface area contributed by atoms with Crippen LogP contribution in [0, 0.1) is 0 Å². The number of halogens is 2. The summed E-state index contributed by atoms with van der Waals surface area (Å²) in [6.07, 6.45) is 0.672. The fraction of sp³-hybridized carbons (Fsp3) is 0.200. The number of hydrogen-bond donors (Lipinski definition) is 0. The molecule has 0 aliphatic carbocycles. The number of nitrogens with zero attached hydrogens (tertiary/aromatic N) is 1. The topological polar surface area (TPSA) is 37.4 Å². The summed E-state index contributed by atoms with van der Waals surface area (Å²) in [5.41, 5.74) is 1.11. The van der Waals surface area contributed by atoms with Gasteiger partial charge in [-0.05, 0) is 46.1 Å². The Morgan fingerprint density at radius 3 is 2.43 bits per heavy atom. The van der Waals surface area contributed by atoms with Gasteiger partial charge in [-0.15, -0.1) is 0 Å². The Kier molecular flexibility index (Phi) is 5.43. The Bertz CT molecular complexity index is 720. The second-order valence-electron chi connectivity index (χ2n) is 4.64. The molecule has 0 atom stereocenters. The van der Waals surface area contributed by atoms with Crippen LogP contribution in [0.15, 0.2) is 57.9 Å². The molecule has 0 aliphatic heterocycles. The molecule has 0 saturated heterocycles. The summed E-state index contributed by atoms with van der Waals surface area (Å²) in [6.45, 7) is 0.423. The molecule has 0 unspecified atom stereocenters. The summed E-state index contributed by atoms with van der Waals surface area (Å²) < 4.78 is 26.9. The number of rotatable bonds is 5. The summed E-state index contributed by atoms with van der Waals surface area (Å²) in [7, 11) is -1.92. The largest absolute Gasteiger partial charge is 0.242 e. The van der Waals surface area contributed by atoms with Gasteiger partial charge in [0.2, 0.25) is 10.0 Å². The minimum absolute atomic E-state index is 0.231. The molecule has 112 valence electrons. The average molecular weight is 389 g/mol. The molecular formula is C15H15BrClNO2S. The lowest BCUT2D eigenvalue weighted by atomic mass is 10.2. The molecule has 2 rings (SSSR count). The lowest BCUT2D eigenvalue weighted by molar-refractivity contribution is 0.472. The van der Waals surface area contributed by atoms with E-state index < -0.39 is 10.0 Å². The third-order valence-electron chi connectivity index (χ3n) is 3.16. The standard InChI is InChI=1S/C15H15BrClNO2S/c1-18(10-9-12-5-3-2-4-6-12)21(19,20)13-7-8-15(17)14(16)11-13/h2-8,11H,9-10H2,1H3. The molecular weight excluding hydrogens is 374 g/mol. The number of benzene rings is 2. The van der Waals surface area contributed by atoms with Gasteiger partial charge in [0.25, 0.3) is 0 Å². The van der Waals surface area contributed by atoms with Gasteiger partial charge in [-0.3, -0.25) is 0 Å². The maximum absolute atomic E-state index is 12.5. The van der Waals surface area contributed by atoms with Crippen molar-refractivity contribution in [2.75, 3.05) is 13.6 Å². The van der Waals surface area contributed by atoms with Crippen molar-refractivity contribution in [3.8, 4) is 0 Å². The molecule has 0 N–H and O–H groups in total. The molecule has 0 saturated carbocycles. The molecule has 0 aliphatic rings. The predicted molar refractivity (Wildman–Crippen MR) is 89.1 cm³/mol. The second kappa shape index (κ2) is 6.92. The Morgan fingerprint density at radius 2 is 1.81 bits per heavy atom. The van der Waals surface area contributed by atoms with E-state index in [2.05, 4.69) is 15.9 Å². The highest BCUT2D eigenvalue weighted by atomic mass is 79.9. The summed E-state index contributed by atoms with van der Waals surface area (Å²) in [6, 6.07) is 14.4. The van der Waals surface area contributed by atoms with Crippen molar-refractivity contribution in [2.45, 2.75) is 11.3 Å². The molecule has 3 nitrogen and oxygen atoms in total. The quantitative estimate of drug-likeness (QED) is 0.777. The van der Waals surface area contributed by atoms with Crippen molar-refractivity contribution in [2.24, 2.45) is 0 Å². The van der Waals surface area contributed by atoms with Crippen LogP contribution in [0.4, 0.5) is 0 Å². The van der Waals surface area contributed by atoms with Gasteiger partial charge in [-0.1, -0.05) is 41.9 Å². The van der Waals surface area contributed by atoms with Gasteiger partial charge >= 0.3 is 0 Å². The second-order valence-corrected chi connectivity index (χ2v) is 7.94. The fourth-order valence-corrected chi connectivity index (χ4v) is 3.71. The lowest BCUT2D eigenvalue weighted by Gasteiger charge is -2.17. The van der Waals surface area contributed by atoms with Crippen molar-refractivity contribution in [3.05, 3.63) is 63.6 Å². The van der Waals surface area contributed by atoms with E-state index in [1.165, 1.54) is 16.4 Å². The Labute approximate surface area is 138 Å². The van der Waals surface area contributed by atoms with Gasteiger partial charge in [0.1, 0.15) is 0 Å². The van der Waals surface area contributed by atoms with Crippen LogP contribution in [-0.4, -0.2) is 26.3 Å². The molecule has 6 heteroatoms. The third kappa shape index (κ3) is 4.07. The van der Waals surface area contributed by atoms with E-state index in [4.69, 9.17) is 11.6 Å².